The van der Waals surface area contributed by atoms with Crippen LogP contribution in [0.3, 0.4) is 0 Å². The van der Waals surface area contributed by atoms with Crippen molar-refractivity contribution in [3.63, 3.8) is 0 Å². The molecule has 7 heteroatoms. The summed E-state index contributed by atoms with van der Waals surface area (Å²) >= 11 is 0. The number of anilines is 2. The van der Waals surface area contributed by atoms with Crippen molar-refractivity contribution in [3.8, 4) is 0 Å². The van der Waals surface area contributed by atoms with E-state index in [1.807, 2.05) is 0 Å². The minimum atomic E-state index is -0.494. The second-order valence-corrected chi connectivity index (χ2v) is 5.21. The van der Waals surface area contributed by atoms with E-state index in [-0.39, 0.29) is 23.7 Å². The van der Waals surface area contributed by atoms with Crippen LogP contribution >= 0.6 is 0 Å². The topological polar surface area (TPSA) is 66.9 Å². The van der Waals surface area contributed by atoms with Crippen molar-refractivity contribution in [2.45, 2.75) is 6.54 Å². The number of hydrogen-bond acceptors (Lipinski definition) is 4. The van der Waals surface area contributed by atoms with Crippen LogP contribution in [0.5, 0.6) is 0 Å². The predicted octanol–water partition coefficient (Wildman–Crippen LogP) is 3.62. The third-order valence-corrected chi connectivity index (χ3v) is 3.41. The van der Waals surface area contributed by atoms with Gasteiger partial charge in [0.25, 0.3) is 5.91 Å². The van der Waals surface area contributed by atoms with Gasteiger partial charge in [0, 0.05) is 17.7 Å². The van der Waals surface area contributed by atoms with E-state index in [1.54, 1.807) is 30.3 Å². The highest BCUT2D eigenvalue weighted by Gasteiger charge is 2.08. The van der Waals surface area contributed by atoms with Crippen molar-refractivity contribution in [3.05, 3.63) is 83.4 Å². The molecule has 126 valence electrons. The molecule has 1 aromatic heterocycles. The van der Waals surface area contributed by atoms with E-state index in [2.05, 4.69) is 20.8 Å². The number of aromatic nitrogens is 2. The largest absolute Gasteiger partial charge is 0.364 e. The van der Waals surface area contributed by atoms with Crippen LogP contribution < -0.4 is 10.6 Å². The summed E-state index contributed by atoms with van der Waals surface area (Å²) < 4.78 is 26.7. The number of carbonyl (C=O) groups is 1. The van der Waals surface area contributed by atoms with E-state index in [0.29, 0.717) is 11.4 Å². The van der Waals surface area contributed by atoms with Crippen LogP contribution in [0.2, 0.25) is 0 Å². The summed E-state index contributed by atoms with van der Waals surface area (Å²) in [5.41, 5.74) is 0.691. The SMILES string of the molecule is O=C(Nc1ccc(NCc2ccccc2F)nn1)c1cccc(F)c1. The Morgan fingerprint density at radius 3 is 2.40 bits per heavy atom. The van der Waals surface area contributed by atoms with Crippen LogP contribution in [0, 0.1) is 11.6 Å². The van der Waals surface area contributed by atoms with Crippen molar-refractivity contribution >= 4 is 17.5 Å². The number of benzene rings is 2. The van der Waals surface area contributed by atoms with Crippen LogP contribution in [0.15, 0.2) is 60.7 Å². The van der Waals surface area contributed by atoms with Gasteiger partial charge in [0.2, 0.25) is 0 Å². The zero-order valence-corrected chi connectivity index (χ0v) is 13.0. The van der Waals surface area contributed by atoms with Crippen LogP contribution in [0.1, 0.15) is 15.9 Å². The van der Waals surface area contributed by atoms with Gasteiger partial charge >= 0.3 is 0 Å². The number of amides is 1. The molecule has 0 fully saturated rings. The maximum Gasteiger partial charge on any atom is 0.256 e. The fourth-order valence-corrected chi connectivity index (χ4v) is 2.14. The lowest BCUT2D eigenvalue weighted by molar-refractivity contribution is 0.102. The fraction of sp³-hybridized carbons (Fsp3) is 0.0556. The van der Waals surface area contributed by atoms with E-state index >= 15 is 0 Å². The van der Waals surface area contributed by atoms with Gasteiger partial charge in [-0.05, 0) is 36.4 Å². The molecule has 0 aliphatic heterocycles. The van der Waals surface area contributed by atoms with Gasteiger partial charge in [0.05, 0.1) is 0 Å². The smallest absolute Gasteiger partial charge is 0.256 e. The first-order valence-corrected chi connectivity index (χ1v) is 7.50. The molecule has 0 aliphatic rings. The molecule has 0 aliphatic carbocycles. The molecular formula is C18H14F2N4O. The average Bonchev–Trinajstić information content (AvgIpc) is 2.62. The summed E-state index contributed by atoms with van der Waals surface area (Å²) in [4.78, 5) is 12.0. The normalized spacial score (nSPS) is 10.3. The summed E-state index contributed by atoms with van der Waals surface area (Å²) in [6.45, 7) is 0.260. The lowest BCUT2D eigenvalue weighted by Gasteiger charge is -2.07. The molecule has 2 N–H and O–H groups in total. The minimum absolute atomic E-state index is 0.184. The monoisotopic (exact) mass is 340 g/mol. The van der Waals surface area contributed by atoms with Crippen LogP contribution in [-0.4, -0.2) is 16.1 Å². The van der Waals surface area contributed by atoms with Crippen LogP contribution in [0.4, 0.5) is 20.4 Å². The zero-order chi connectivity index (χ0) is 17.6. The second-order valence-electron chi connectivity index (χ2n) is 5.21. The van der Waals surface area contributed by atoms with E-state index in [4.69, 9.17) is 0 Å². The fourth-order valence-electron chi connectivity index (χ4n) is 2.14. The summed E-state index contributed by atoms with van der Waals surface area (Å²) in [7, 11) is 0. The molecule has 0 saturated heterocycles. The Hall–Kier alpha value is -3.35. The van der Waals surface area contributed by atoms with Gasteiger partial charge in [0.15, 0.2) is 5.82 Å². The molecule has 0 bridgehead atoms. The number of hydrogen-bond donors (Lipinski definition) is 2. The summed E-state index contributed by atoms with van der Waals surface area (Å²) in [5.74, 6) is -0.619. The Labute approximate surface area is 142 Å². The first kappa shape index (κ1) is 16.5. The van der Waals surface area contributed by atoms with Gasteiger partial charge in [-0.2, -0.15) is 0 Å². The number of halogens is 2. The molecule has 5 nitrogen and oxygen atoms in total. The van der Waals surface area contributed by atoms with Crippen molar-refractivity contribution < 1.29 is 13.6 Å². The quantitative estimate of drug-likeness (QED) is 0.744. The Kier molecular flexibility index (Phi) is 4.94. The molecule has 1 heterocycles. The van der Waals surface area contributed by atoms with E-state index < -0.39 is 11.7 Å². The van der Waals surface area contributed by atoms with Crippen molar-refractivity contribution in [2.24, 2.45) is 0 Å². The predicted molar refractivity (Wildman–Crippen MR) is 90.1 cm³/mol. The maximum absolute atomic E-state index is 13.5. The molecule has 3 aromatic rings. The molecule has 2 aromatic carbocycles. The first-order valence-electron chi connectivity index (χ1n) is 7.50. The lowest BCUT2D eigenvalue weighted by atomic mass is 10.2. The molecule has 0 atom stereocenters. The number of rotatable bonds is 5. The third kappa shape index (κ3) is 4.35. The standard InChI is InChI=1S/C18H14F2N4O/c19-14-6-3-5-12(10-14)18(25)22-17-9-8-16(23-24-17)21-11-13-4-1-2-7-15(13)20/h1-10H,11H2,(H,21,23)(H,22,24,25). The van der Waals surface area contributed by atoms with Gasteiger partial charge in [-0.3, -0.25) is 4.79 Å². The van der Waals surface area contributed by atoms with Crippen molar-refractivity contribution in [2.75, 3.05) is 10.6 Å². The first-order chi connectivity index (χ1) is 12.1. The summed E-state index contributed by atoms with van der Waals surface area (Å²) in [5, 5.41) is 13.3. The molecule has 0 unspecified atom stereocenters. The Balaban J connectivity index is 1.60. The van der Waals surface area contributed by atoms with Gasteiger partial charge in [0.1, 0.15) is 17.5 Å². The van der Waals surface area contributed by atoms with E-state index in [9.17, 15) is 13.6 Å². The zero-order valence-electron chi connectivity index (χ0n) is 13.0. The Bertz CT molecular complexity index is 884. The molecule has 25 heavy (non-hydrogen) atoms. The Morgan fingerprint density at radius 1 is 0.920 bits per heavy atom. The molecule has 0 saturated carbocycles. The lowest BCUT2D eigenvalue weighted by Crippen LogP contribution is -2.14. The molecular weight excluding hydrogens is 326 g/mol. The number of nitrogens with zero attached hydrogens (tertiary/aromatic N) is 2. The third-order valence-electron chi connectivity index (χ3n) is 3.41. The molecule has 0 radical (unpaired) electrons. The van der Waals surface area contributed by atoms with Gasteiger partial charge in [-0.25, -0.2) is 8.78 Å². The molecule has 0 spiro atoms. The van der Waals surface area contributed by atoms with Crippen LogP contribution in [0.25, 0.3) is 0 Å². The average molecular weight is 340 g/mol. The molecule has 1 amide bonds. The van der Waals surface area contributed by atoms with Crippen molar-refractivity contribution in [1.82, 2.24) is 10.2 Å². The number of carbonyl (C=O) groups excluding carboxylic acids is 1. The van der Waals surface area contributed by atoms with E-state index in [0.717, 1.165) is 6.07 Å². The minimum Gasteiger partial charge on any atom is -0.364 e. The number of nitrogens with one attached hydrogen (secondary N) is 2. The summed E-state index contributed by atoms with van der Waals surface area (Å²) in [6, 6.07) is 14.9. The summed E-state index contributed by atoms with van der Waals surface area (Å²) in [6.07, 6.45) is 0. The van der Waals surface area contributed by atoms with Gasteiger partial charge in [-0.1, -0.05) is 24.3 Å². The second kappa shape index (κ2) is 7.48. The molecule has 3 rings (SSSR count). The Morgan fingerprint density at radius 2 is 1.68 bits per heavy atom. The van der Waals surface area contributed by atoms with Gasteiger partial charge < -0.3 is 10.6 Å². The van der Waals surface area contributed by atoms with E-state index in [1.165, 1.54) is 24.3 Å². The van der Waals surface area contributed by atoms with Gasteiger partial charge in [-0.15, -0.1) is 10.2 Å². The highest BCUT2D eigenvalue weighted by atomic mass is 19.1. The maximum atomic E-state index is 13.5. The highest BCUT2D eigenvalue weighted by Crippen LogP contribution is 2.12. The highest BCUT2D eigenvalue weighted by molar-refractivity contribution is 6.03. The van der Waals surface area contributed by atoms with Crippen molar-refractivity contribution in [1.29, 1.82) is 0 Å². The van der Waals surface area contributed by atoms with Crippen LogP contribution in [-0.2, 0) is 6.54 Å².